The summed E-state index contributed by atoms with van der Waals surface area (Å²) in [5.74, 6) is 0.276. The van der Waals surface area contributed by atoms with E-state index in [-0.39, 0.29) is 18.0 Å². The molecule has 1 aliphatic rings. The Morgan fingerprint density at radius 2 is 2.32 bits per heavy atom. The van der Waals surface area contributed by atoms with E-state index >= 15 is 0 Å². The van der Waals surface area contributed by atoms with Crippen LogP contribution in [-0.2, 0) is 4.79 Å². The van der Waals surface area contributed by atoms with Crippen molar-refractivity contribution >= 4 is 17.2 Å². The van der Waals surface area contributed by atoms with Crippen molar-refractivity contribution in [3.05, 3.63) is 21.9 Å². The van der Waals surface area contributed by atoms with Gasteiger partial charge in [-0.1, -0.05) is 6.92 Å². The lowest BCUT2D eigenvalue weighted by Gasteiger charge is -2.36. The lowest BCUT2D eigenvalue weighted by atomic mass is 10.0. The van der Waals surface area contributed by atoms with Gasteiger partial charge in [-0.05, 0) is 51.8 Å². The van der Waals surface area contributed by atoms with Crippen molar-refractivity contribution in [1.29, 1.82) is 0 Å². The number of carbonyl (C=O) groups excluding carboxylic acids is 1. The number of likely N-dealkylation sites (tertiary alicyclic amines) is 1. The van der Waals surface area contributed by atoms with Crippen molar-refractivity contribution in [2.75, 3.05) is 13.1 Å². The zero-order valence-corrected chi connectivity index (χ0v) is 12.9. The highest BCUT2D eigenvalue weighted by Gasteiger charge is 2.31. The smallest absolute Gasteiger partial charge is 0.240 e. The molecule has 0 aliphatic carbocycles. The molecule has 0 spiro atoms. The van der Waals surface area contributed by atoms with E-state index in [2.05, 4.69) is 38.2 Å². The lowest BCUT2D eigenvalue weighted by molar-refractivity contribution is -0.138. The van der Waals surface area contributed by atoms with Crippen molar-refractivity contribution in [3.8, 4) is 0 Å². The van der Waals surface area contributed by atoms with E-state index in [0.717, 1.165) is 32.4 Å². The summed E-state index contributed by atoms with van der Waals surface area (Å²) in [4.78, 5) is 17.2. The molecule has 106 valence electrons. The Kier molecular flexibility index (Phi) is 4.99. The van der Waals surface area contributed by atoms with Crippen LogP contribution in [-0.4, -0.2) is 29.9 Å². The average molecular weight is 280 g/mol. The number of hydrogen-bond donors (Lipinski definition) is 1. The third kappa shape index (κ3) is 3.37. The number of thiophene rings is 1. The fourth-order valence-electron chi connectivity index (χ4n) is 2.62. The zero-order chi connectivity index (χ0) is 13.8. The minimum atomic E-state index is 0.0252. The fraction of sp³-hybridized carbons (Fsp3) is 0.667. The molecule has 1 fully saturated rings. The first-order chi connectivity index (χ1) is 9.13. The van der Waals surface area contributed by atoms with E-state index in [1.807, 2.05) is 4.90 Å². The summed E-state index contributed by atoms with van der Waals surface area (Å²) in [7, 11) is 0. The van der Waals surface area contributed by atoms with Crippen LogP contribution in [0.3, 0.4) is 0 Å². The van der Waals surface area contributed by atoms with Crippen LogP contribution in [0.25, 0.3) is 0 Å². The normalized spacial score (nSPS) is 21.7. The first-order valence-corrected chi connectivity index (χ1v) is 8.05. The van der Waals surface area contributed by atoms with E-state index in [1.54, 1.807) is 11.3 Å². The molecule has 19 heavy (non-hydrogen) atoms. The van der Waals surface area contributed by atoms with Gasteiger partial charge in [-0.3, -0.25) is 4.79 Å². The molecular formula is C15H24N2OS. The molecule has 2 rings (SSSR count). The van der Waals surface area contributed by atoms with Crippen molar-refractivity contribution < 1.29 is 4.79 Å². The van der Waals surface area contributed by atoms with Gasteiger partial charge in [-0.15, -0.1) is 11.3 Å². The van der Waals surface area contributed by atoms with Crippen LogP contribution in [0.1, 0.15) is 48.9 Å². The number of piperidine rings is 1. The Morgan fingerprint density at radius 3 is 2.95 bits per heavy atom. The van der Waals surface area contributed by atoms with E-state index < -0.39 is 0 Å². The maximum atomic E-state index is 12.5. The van der Waals surface area contributed by atoms with Crippen LogP contribution < -0.4 is 5.32 Å². The van der Waals surface area contributed by atoms with Crippen molar-refractivity contribution in [3.63, 3.8) is 0 Å². The second-order valence-corrected chi connectivity index (χ2v) is 6.62. The van der Waals surface area contributed by atoms with Gasteiger partial charge in [0.05, 0.1) is 12.1 Å². The van der Waals surface area contributed by atoms with Crippen LogP contribution in [0.4, 0.5) is 0 Å². The molecule has 0 bridgehead atoms. The van der Waals surface area contributed by atoms with Crippen molar-refractivity contribution in [2.45, 2.75) is 52.1 Å². The molecule has 1 aromatic rings. The molecule has 4 heteroatoms. The minimum Gasteiger partial charge on any atom is -0.334 e. The average Bonchev–Trinajstić information content (AvgIpc) is 2.83. The molecule has 1 aromatic heterocycles. The van der Waals surface area contributed by atoms with Crippen LogP contribution in [0, 0.1) is 6.92 Å². The Hall–Kier alpha value is -0.870. The highest BCUT2D eigenvalue weighted by atomic mass is 32.1. The Balaban J connectivity index is 2.04. The van der Waals surface area contributed by atoms with Gasteiger partial charge in [0.25, 0.3) is 0 Å². The first-order valence-electron chi connectivity index (χ1n) is 7.23. The van der Waals surface area contributed by atoms with E-state index in [0.29, 0.717) is 0 Å². The van der Waals surface area contributed by atoms with Crippen LogP contribution in [0.15, 0.2) is 12.1 Å². The van der Waals surface area contributed by atoms with Crippen LogP contribution >= 0.6 is 11.3 Å². The topological polar surface area (TPSA) is 32.3 Å². The van der Waals surface area contributed by atoms with Crippen molar-refractivity contribution in [1.82, 2.24) is 10.2 Å². The molecule has 0 aromatic carbocycles. The lowest BCUT2D eigenvalue weighted by Crippen LogP contribution is -2.51. The zero-order valence-electron chi connectivity index (χ0n) is 12.1. The molecule has 1 aliphatic heterocycles. The molecule has 1 saturated heterocycles. The summed E-state index contributed by atoms with van der Waals surface area (Å²) in [6.07, 6.45) is 3.15. The van der Waals surface area contributed by atoms with E-state index in [4.69, 9.17) is 0 Å². The van der Waals surface area contributed by atoms with Gasteiger partial charge >= 0.3 is 0 Å². The number of amides is 1. The van der Waals surface area contributed by atoms with Gasteiger partial charge in [0.1, 0.15) is 0 Å². The molecule has 2 heterocycles. The Morgan fingerprint density at radius 1 is 1.53 bits per heavy atom. The maximum absolute atomic E-state index is 12.5. The number of nitrogens with zero attached hydrogens (tertiary/aromatic N) is 1. The summed E-state index contributed by atoms with van der Waals surface area (Å²) in [5, 5.41) is 3.37. The molecule has 2 unspecified atom stereocenters. The summed E-state index contributed by atoms with van der Waals surface area (Å²) in [6, 6.07) is 4.52. The van der Waals surface area contributed by atoms with E-state index in [9.17, 15) is 4.79 Å². The molecule has 1 N–H and O–H groups in total. The molecular weight excluding hydrogens is 256 g/mol. The molecule has 0 saturated carbocycles. The van der Waals surface area contributed by atoms with Crippen LogP contribution in [0.2, 0.25) is 0 Å². The van der Waals surface area contributed by atoms with Gasteiger partial charge in [0.15, 0.2) is 0 Å². The number of nitrogens with one attached hydrogen (secondary N) is 1. The van der Waals surface area contributed by atoms with Gasteiger partial charge < -0.3 is 10.2 Å². The third-order valence-corrected chi connectivity index (χ3v) is 4.93. The van der Waals surface area contributed by atoms with Gasteiger partial charge in [-0.2, -0.15) is 0 Å². The summed E-state index contributed by atoms with van der Waals surface area (Å²) in [5.41, 5.74) is 0. The highest BCUT2D eigenvalue weighted by Crippen LogP contribution is 2.29. The van der Waals surface area contributed by atoms with Crippen molar-refractivity contribution in [2.24, 2.45) is 0 Å². The highest BCUT2D eigenvalue weighted by molar-refractivity contribution is 7.12. The number of rotatable bonds is 5. The standard InChI is InChI=1S/C15H24N2OS/c1-4-9-16-13-6-5-10-17(15(13)18)12(3)14-8-7-11(2)19-14/h7-8,12-13,16H,4-6,9-10H2,1-3H3. The molecule has 2 atom stereocenters. The largest absolute Gasteiger partial charge is 0.334 e. The van der Waals surface area contributed by atoms with Gasteiger partial charge in [0.2, 0.25) is 5.91 Å². The minimum absolute atomic E-state index is 0.0252. The summed E-state index contributed by atoms with van der Waals surface area (Å²) < 4.78 is 0. The van der Waals surface area contributed by atoms with E-state index in [1.165, 1.54) is 9.75 Å². The number of carbonyl (C=O) groups is 1. The first kappa shape index (κ1) is 14.5. The second-order valence-electron chi connectivity index (χ2n) is 5.30. The number of aryl methyl sites for hydroxylation is 1. The molecule has 3 nitrogen and oxygen atoms in total. The van der Waals surface area contributed by atoms with Gasteiger partial charge in [-0.25, -0.2) is 0 Å². The molecule has 0 radical (unpaired) electrons. The van der Waals surface area contributed by atoms with Crippen LogP contribution in [0.5, 0.6) is 0 Å². The Labute approximate surface area is 120 Å². The molecule has 1 amide bonds. The Bertz CT molecular complexity index is 430. The quantitative estimate of drug-likeness (QED) is 0.899. The summed E-state index contributed by atoms with van der Waals surface area (Å²) >= 11 is 1.80. The second kappa shape index (κ2) is 6.53. The fourth-order valence-corrected chi connectivity index (χ4v) is 3.57. The predicted octanol–water partition coefficient (Wildman–Crippen LogP) is 3.11. The van der Waals surface area contributed by atoms with Gasteiger partial charge in [0, 0.05) is 16.3 Å². The SMILES string of the molecule is CCCNC1CCCN(C(C)c2ccc(C)s2)C1=O. The monoisotopic (exact) mass is 280 g/mol. The third-order valence-electron chi connectivity index (χ3n) is 3.75. The maximum Gasteiger partial charge on any atom is 0.240 e. The number of hydrogen-bond acceptors (Lipinski definition) is 3. The predicted molar refractivity (Wildman–Crippen MR) is 80.5 cm³/mol. The summed E-state index contributed by atoms with van der Waals surface area (Å²) in [6.45, 7) is 8.21.